The highest BCUT2D eigenvalue weighted by molar-refractivity contribution is 6.01. The molecule has 2 saturated heterocycles. The maximum absolute atomic E-state index is 14.2. The van der Waals surface area contributed by atoms with Crippen LogP contribution in [0.15, 0.2) is 12.1 Å². The third-order valence-corrected chi connectivity index (χ3v) is 4.13. The fraction of sp³-hybridized carbons (Fsp3) is 0.467. The fourth-order valence-electron chi connectivity index (χ4n) is 2.99. The molecule has 118 valence electrons. The minimum Gasteiger partial charge on any atom is -0.373 e. The topological polar surface area (TPSA) is 70.2 Å². The zero-order valence-electron chi connectivity index (χ0n) is 11.9. The van der Waals surface area contributed by atoms with E-state index in [0.29, 0.717) is 19.4 Å². The normalized spacial score (nSPS) is 25.2. The van der Waals surface area contributed by atoms with Crippen LogP contribution in [-0.2, 0) is 9.59 Å². The Kier molecular flexibility index (Phi) is 4.06. The summed E-state index contributed by atoms with van der Waals surface area (Å²) in [4.78, 5) is 22.8. The lowest BCUT2D eigenvalue weighted by atomic mass is 9.96. The second-order valence-electron chi connectivity index (χ2n) is 5.69. The molecular formula is C15H17F2N3O2. The van der Waals surface area contributed by atoms with E-state index in [9.17, 15) is 18.4 Å². The molecule has 0 spiro atoms. The molecule has 7 heteroatoms. The average molecular weight is 309 g/mol. The van der Waals surface area contributed by atoms with Gasteiger partial charge in [-0.1, -0.05) is 0 Å². The Balaban J connectivity index is 1.77. The summed E-state index contributed by atoms with van der Waals surface area (Å²) >= 11 is 0. The van der Waals surface area contributed by atoms with Crippen molar-refractivity contribution in [1.82, 2.24) is 10.6 Å². The summed E-state index contributed by atoms with van der Waals surface area (Å²) in [5.74, 6) is -2.18. The third-order valence-electron chi connectivity index (χ3n) is 4.13. The first kappa shape index (κ1) is 14.9. The average Bonchev–Trinajstić information content (AvgIpc) is 2.95. The summed E-state index contributed by atoms with van der Waals surface area (Å²) in [6.07, 6.45) is 1.22. The van der Waals surface area contributed by atoms with Crippen molar-refractivity contribution in [3.8, 4) is 0 Å². The highest BCUT2D eigenvalue weighted by Gasteiger charge is 2.28. The number of rotatable bonds is 3. The standard InChI is InChI=1S/C15H17F2N3O2/c16-10-5-9(19-12-1-2-13(21)20-15(12)22)6-11(17)14(10)8-3-4-18-7-8/h5-6,8,12,18-19H,1-4,7H2,(H,20,21,22). The van der Waals surface area contributed by atoms with Gasteiger partial charge in [0.25, 0.3) is 0 Å². The van der Waals surface area contributed by atoms with Crippen LogP contribution in [0.1, 0.15) is 30.7 Å². The zero-order chi connectivity index (χ0) is 15.7. The maximum Gasteiger partial charge on any atom is 0.249 e. The Hall–Kier alpha value is -2.02. The van der Waals surface area contributed by atoms with Crippen LogP contribution in [0.4, 0.5) is 14.5 Å². The van der Waals surface area contributed by atoms with Gasteiger partial charge in [-0.2, -0.15) is 0 Å². The molecule has 0 aromatic heterocycles. The van der Waals surface area contributed by atoms with Gasteiger partial charge < -0.3 is 10.6 Å². The van der Waals surface area contributed by atoms with Gasteiger partial charge in [-0.05, 0) is 31.5 Å². The molecule has 1 aromatic carbocycles. The Labute approximate surface area is 126 Å². The molecule has 2 aliphatic rings. The number of hydrogen-bond acceptors (Lipinski definition) is 4. The smallest absolute Gasteiger partial charge is 0.249 e. The molecule has 2 unspecified atom stereocenters. The first-order valence-electron chi connectivity index (χ1n) is 7.34. The van der Waals surface area contributed by atoms with Crippen molar-refractivity contribution in [2.45, 2.75) is 31.2 Å². The van der Waals surface area contributed by atoms with Crippen LogP contribution in [0, 0.1) is 11.6 Å². The number of carbonyl (C=O) groups is 2. The van der Waals surface area contributed by atoms with Gasteiger partial charge >= 0.3 is 0 Å². The lowest BCUT2D eigenvalue weighted by molar-refractivity contribution is -0.133. The van der Waals surface area contributed by atoms with Gasteiger partial charge in [-0.3, -0.25) is 14.9 Å². The van der Waals surface area contributed by atoms with E-state index < -0.39 is 23.6 Å². The van der Waals surface area contributed by atoms with Crippen LogP contribution in [0.25, 0.3) is 0 Å². The number of amides is 2. The molecule has 2 amide bonds. The van der Waals surface area contributed by atoms with Crippen molar-refractivity contribution in [3.63, 3.8) is 0 Å². The van der Waals surface area contributed by atoms with E-state index >= 15 is 0 Å². The lowest BCUT2D eigenvalue weighted by Gasteiger charge is -2.23. The summed E-state index contributed by atoms with van der Waals surface area (Å²) in [6.45, 7) is 1.31. The van der Waals surface area contributed by atoms with Crippen LogP contribution in [0.2, 0.25) is 0 Å². The molecular weight excluding hydrogens is 292 g/mol. The number of halogens is 2. The summed E-state index contributed by atoms with van der Waals surface area (Å²) in [5.41, 5.74) is 0.304. The van der Waals surface area contributed by atoms with Gasteiger partial charge in [0.15, 0.2) is 0 Å². The molecule has 2 fully saturated rings. The van der Waals surface area contributed by atoms with Gasteiger partial charge in [0.2, 0.25) is 11.8 Å². The van der Waals surface area contributed by atoms with E-state index in [-0.39, 0.29) is 29.5 Å². The predicted octanol–water partition coefficient (Wildman–Crippen LogP) is 1.26. The number of carbonyl (C=O) groups excluding carboxylic acids is 2. The number of hydrogen-bond donors (Lipinski definition) is 3. The number of anilines is 1. The van der Waals surface area contributed by atoms with Crippen molar-refractivity contribution in [2.75, 3.05) is 18.4 Å². The molecule has 1 aromatic rings. The van der Waals surface area contributed by atoms with Gasteiger partial charge in [0.1, 0.15) is 17.7 Å². The first-order valence-corrected chi connectivity index (χ1v) is 7.34. The Bertz CT molecular complexity index is 592. The Morgan fingerprint density at radius 3 is 2.45 bits per heavy atom. The second kappa shape index (κ2) is 6.00. The molecule has 0 radical (unpaired) electrons. The molecule has 3 N–H and O–H groups in total. The number of nitrogens with one attached hydrogen (secondary N) is 3. The molecule has 2 atom stereocenters. The molecule has 22 heavy (non-hydrogen) atoms. The molecule has 5 nitrogen and oxygen atoms in total. The quantitative estimate of drug-likeness (QED) is 0.735. The van der Waals surface area contributed by atoms with Crippen molar-refractivity contribution in [3.05, 3.63) is 29.3 Å². The van der Waals surface area contributed by atoms with Crippen LogP contribution < -0.4 is 16.0 Å². The Morgan fingerprint density at radius 1 is 1.14 bits per heavy atom. The van der Waals surface area contributed by atoms with Gasteiger partial charge in [-0.25, -0.2) is 8.78 Å². The predicted molar refractivity (Wildman–Crippen MR) is 76.4 cm³/mol. The van der Waals surface area contributed by atoms with Crippen molar-refractivity contribution in [1.29, 1.82) is 0 Å². The van der Waals surface area contributed by atoms with Gasteiger partial charge in [0, 0.05) is 30.1 Å². The summed E-state index contributed by atoms with van der Waals surface area (Å²) < 4.78 is 28.4. The highest BCUT2D eigenvalue weighted by Crippen LogP contribution is 2.30. The largest absolute Gasteiger partial charge is 0.373 e. The monoisotopic (exact) mass is 309 g/mol. The minimum atomic E-state index is -0.657. The summed E-state index contributed by atoms with van der Waals surface area (Å²) in [7, 11) is 0. The number of piperidine rings is 1. The summed E-state index contributed by atoms with van der Waals surface area (Å²) in [6, 6.07) is 1.76. The maximum atomic E-state index is 14.2. The molecule has 0 saturated carbocycles. The third kappa shape index (κ3) is 2.94. The van der Waals surface area contributed by atoms with E-state index in [4.69, 9.17) is 0 Å². The van der Waals surface area contributed by atoms with E-state index in [0.717, 1.165) is 6.54 Å². The van der Waals surface area contributed by atoms with Crippen LogP contribution in [-0.4, -0.2) is 30.9 Å². The first-order chi connectivity index (χ1) is 10.5. The van der Waals surface area contributed by atoms with E-state index in [1.54, 1.807) is 0 Å². The van der Waals surface area contributed by atoms with Crippen LogP contribution >= 0.6 is 0 Å². The molecule has 2 aliphatic heterocycles. The molecule has 2 heterocycles. The van der Waals surface area contributed by atoms with Crippen molar-refractivity contribution >= 4 is 17.5 Å². The highest BCUT2D eigenvalue weighted by atomic mass is 19.1. The summed E-state index contributed by atoms with van der Waals surface area (Å²) in [5, 5.41) is 8.07. The van der Waals surface area contributed by atoms with Crippen molar-refractivity contribution < 1.29 is 18.4 Å². The van der Waals surface area contributed by atoms with E-state index in [1.165, 1.54) is 12.1 Å². The van der Waals surface area contributed by atoms with E-state index in [2.05, 4.69) is 16.0 Å². The minimum absolute atomic E-state index is 0.0961. The molecule has 3 rings (SSSR count). The fourth-order valence-corrected chi connectivity index (χ4v) is 2.99. The molecule has 0 bridgehead atoms. The second-order valence-corrected chi connectivity index (χ2v) is 5.69. The SMILES string of the molecule is O=C1CCC(Nc2cc(F)c(C3CCNC3)c(F)c2)C(=O)N1. The molecule has 0 aliphatic carbocycles. The van der Waals surface area contributed by atoms with Crippen LogP contribution in [0.3, 0.4) is 0 Å². The van der Waals surface area contributed by atoms with Crippen molar-refractivity contribution in [2.24, 2.45) is 0 Å². The number of benzene rings is 1. The van der Waals surface area contributed by atoms with Gasteiger partial charge in [-0.15, -0.1) is 0 Å². The lowest BCUT2D eigenvalue weighted by Crippen LogP contribution is -2.47. The van der Waals surface area contributed by atoms with Gasteiger partial charge in [0.05, 0.1) is 0 Å². The zero-order valence-corrected chi connectivity index (χ0v) is 11.9. The number of imide groups is 1. The Morgan fingerprint density at radius 2 is 1.86 bits per heavy atom. The van der Waals surface area contributed by atoms with Crippen LogP contribution in [0.5, 0.6) is 0 Å². The van der Waals surface area contributed by atoms with E-state index in [1.807, 2.05) is 0 Å².